The van der Waals surface area contributed by atoms with Gasteiger partial charge in [-0.05, 0) is 31.0 Å². The molecule has 5 heteroatoms. The predicted octanol–water partition coefficient (Wildman–Crippen LogP) is 3.89. The fourth-order valence-corrected chi connectivity index (χ4v) is 3.72. The lowest BCUT2D eigenvalue weighted by molar-refractivity contribution is -0.0752. The van der Waals surface area contributed by atoms with Gasteiger partial charge < -0.3 is 9.64 Å². The van der Waals surface area contributed by atoms with Crippen LogP contribution in [-0.4, -0.2) is 36.1 Å². The second-order valence-electron chi connectivity index (χ2n) is 5.38. The first kappa shape index (κ1) is 14.4. The van der Waals surface area contributed by atoms with Crippen molar-refractivity contribution in [3.8, 4) is 0 Å². The normalized spacial score (nSPS) is 26.2. The third kappa shape index (κ3) is 2.74. The Kier molecular flexibility index (Phi) is 4.34. The van der Waals surface area contributed by atoms with E-state index in [0.29, 0.717) is 23.7 Å². The van der Waals surface area contributed by atoms with E-state index in [-0.39, 0.29) is 18.1 Å². The molecule has 1 aromatic carbocycles. The van der Waals surface area contributed by atoms with Crippen LogP contribution in [0, 0.1) is 0 Å². The number of ether oxygens (including phenoxy) is 1. The smallest absolute Gasteiger partial charge is 0.255 e. The molecule has 2 unspecified atom stereocenters. The third-order valence-electron chi connectivity index (χ3n) is 4.15. The number of amides is 1. The number of hydrogen-bond donors (Lipinski definition) is 0. The Morgan fingerprint density at radius 2 is 2.15 bits per heavy atom. The Labute approximate surface area is 132 Å². The number of carbonyl (C=O) groups excluding carboxylic acids is 1. The van der Waals surface area contributed by atoms with Crippen molar-refractivity contribution in [2.75, 3.05) is 13.2 Å². The average Bonchev–Trinajstić information content (AvgIpc) is 2.48. The molecule has 2 aliphatic rings. The van der Waals surface area contributed by atoms with Crippen molar-refractivity contribution in [2.24, 2.45) is 0 Å². The van der Waals surface area contributed by atoms with Gasteiger partial charge in [0.15, 0.2) is 0 Å². The van der Waals surface area contributed by atoms with Gasteiger partial charge in [-0.15, -0.1) is 0 Å². The number of rotatable bonds is 1. The summed E-state index contributed by atoms with van der Waals surface area (Å²) in [6.45, 7) is 1.28. The van der Waals surface area contributed by atoms with Crippen molar-refractivity contribution >= 4 is 33.4 Å². The Hall–Kier alpha value is -0.580. The van der Waals surface area contributed by atoms with Crippen LogP contribution in [0.2, 0.25) is 5.02 Å². The fourth-order valence-electron chi connectivity index (χ4n) is 3.16. The molecule has 108 valence electrons. The molecule has 1 heterocycles. The lowest BCUT2D eigenvalue weighted by atomic mass is 9.89. The van der Waals surface area contributed by atoms with E-state index in [1.54, 1.807) is 12.1 Å². The number of fused-ring (bicyclic) bond motifs is 1. The summed E-state index contributed by atoms with van der Waals surface area (Å²) < 4.78 is 6.69. The maximum Gasteiger partial charge on any atom is 0.255 e. The molecule has 1 amide bonds. The summed E-state index contributed by atoms with van der Waals surface area (Å²) >= 11 is 9.59. The highest BCUT2D eigenvalue weighted by Gasteiger charge is 2.37. The average molecular weight is 359 g/mol. The highest BCUT2D eigenvalue weighted by atomic mass is 79.9. The molecular formula is C15H17BrClNO2. The van der Waals surface area contributed by atoms with Crippen LogP contribution in [-0.2, 0) is 4.74 Å². The van der Waals surface area contributed by atoms with Gasteiger partial charge in [-0.3, -0.25) is 4.79 Å². The second kappa shape index (κ2) is 6.04. The topological polar surface area (TPSA) is 29.5 Å². The molecule has 2 fully saturated rings. The first-order valence-corrected chi connectivity index (χ1v) is 8.21. The van der Waals surface area contributed by atoms with Gasteiger partial charge in [-0.2, -0.15) is 0 Å². The van der Waals surface area contributed by atoms with Gasteiger partial charge in [0.25, 0.3) is 5.91 Å². The lowest BCUT2D eigenvalue weighted by Gasteiger charge is -2.43. The minimum absolute atomic E-state index is 0.0245. The van der Waals surface area contributed by atoms with Crippen LogP contribution in [0.5, 0.6) is 0 Å². The van der Waals surface area contributed by atoms with Crippen LogP contribution in [0.25, 0.3) is 0 Å². The molecular weight excluding hydrogens is 342 g/mol. The van der Waals surface area contributed by atoms with Crippen molar-refractivity contribution < 1.29 is 9.53 Å². The SMILES string of the molecule is O=C(c1cc(Br)ccc1Cl)N1CCOC2CCCCC21. The van der Waals surface area contributed by atoms with Crippen LogP contribution < -0.4 is 0 Å². The Morgan fingerprint density at radius 1 is 1.35 bits per heavy atom. The summed E-state index contributed by atoms with van der Waals surface area (Å²) in [5, 5.41) is 0.511. The van der Waals surface area contributed by atoms with E-state index in [9.17, 15) is 4.79 Å². The van der Waals surface area contributed by atoms with Gasteiger partial charge in [0.2, 0.25) is 0 Å². The molecule has 0 radical (unpaired) electrons. The van der Waals surface area contributed by atoms with Gasteiger partial charge in [-0.25, -0.2) is 0 Å². The number of nitrogens with zero attached hydrogens (tertiary/aromatic N) is 1. The second-order valence-corrected chi connectivity index (χ2v) is 6.71. The maximum absolute atomic E-state index is 12.8. The van der Waals surface area contributed by atoms with Crippen LogP contribution in [0.4, 0.5) is 0 Å². The first-order valence-electron chi connectivity index (χ1n) is 7.04. The number of benzene rings is 1. The molecule has 1 aliphatic heterocycles. The van der Waals surface area contributed by atoms with Crippen LogP contribution in [0.1, 0.15) is 36.0 Å². The number of morpholine rings is 1. The summed E-state index contributed by atoms with van der Waals surface area (Å²) in [4.78, 5) is 14.8. The van der Waals surface area contributed by atoms with Crippen molar-refractivity contribution in [2.45, 2.75) is 37.8 Å². The highest BCUT2D eigenvalue weighted by Crippen LogP contribution is 2.31. The molecule has 20 heavy (non-hydrogen) atoms. The van der Waals surface area contributed by atoms with E-state index in [1.165, 1.54) is 12.8 Å². The number of halogens is 2. The van der Waals surface area contributed by atoms with Gasteiger partial charge in [0.1, 0.15) is 0 Å². The molecule has 3 rings (SSSR count). The van der Waals surface area contributed by atoms with Gasteiger partial charge in [0, 0.05) is 11.0 Å². The third-order valence-corrected chi connectivity index (χ3v) is 4.97. The summed E-state index contributed by atoms with van der Waals surface area (Å²) in [6.07, 6.45) is 4.65. The fraction of sp³-hybridized carbons (Fsp3) is 0.533. The Bertz CT molecular complexity index is 521. The van der Waals surface area contributed by atoms with Gasteiger partial charge in [-0.1, -0.05) is 40.4 Å². The highest BCUT2D eigenvalue weighted by molar-refractivity contribution is 9.10. The Balaban J connectivity index is 1.87. The van der Waals surface area contributed by atoms with Crippen molar-refractivity contribution in [3.05, 3.63) is 33.3 Å². The molecule has 1 aliphatic carbocycles. The van der Waals surface area contributed by atoms with Crippen molar-refractivity contribution in [1.29, 1.82) is 0 Å². The zero-order valence-electron chi connectivity index (χ0n) is 11.1. The van der Waals surface area contributed by atoms with Gasteiger partial charge in [0.05, 0.1) is 29.3 Å². The monoisotopic (exact) mass is 357 g/mol. The number of hydrogen-bond acceptors (Lipinski definition) is 2. The zero-order valence-corrected chi connectivity index (χ0v) is 13.5. The minimum Gasteiger partial charge on any atom is -0.374 e. The van der Waals surface area contributed by atoms with E-state index < -0.39 is 0 Å². The molecule has 1 saturated heterocycles. The van der Waals surface area contributed by atoms with Crippen LogP contribution in [0.3, 0.4) is 0 Å². The summed E-state index contributed by atoms with van der Waals surface area (Å²) in [5.74, 6) is 0.0245. The van der Waals surface area contributed by atoms with E-state index in [4.69, 9.17) is 16.3 Å². The molecule has 0 N–H and O–H groups in total. The van der Waals surface area contributed by atoms with E-state index in [1.807, 2.05) is 11.0 Å². The molecule has 0 spiro atoms. The van der Waals surface area contributed by atoms with E-state index in [0.717, 1.165) is 17.3 Å². The maximum atomic E-state index is 12.8. The molecule has 2 atom stereocenters. The molecule has 0 aromatic heterocycles. The predicted molar refractivity (Wildman–Crippen MR) is 82.2 cm³/mol. The lowest BCUT2D eigenvalue weighted by Crippen LogP contribution is -2.54. The Morgan fingerprint density at radius 3 is 3.00 bits per heavy atom. The standard InChI is InChI=1S/C15H17BrClNO2/c16-10-5-6-12(17)11(9-10)15(19)18-7-8-20-14-4-2-1-3-13(14)18/h5-6,9,13-14H,1-4,7-8H2. The quantitative estimate of drug-likeness (QED) is 0.762. The number of carbonyl (C=O) groups is 1. The largest absolute Gasteiger partial charge is 0.374 e. The molecule has 1 aromatic rings. The van der Waals surface area contributed by atoms with Crippen LogP contribution in [0.15, 0.2) is 22.7 Å². The molecule has 0 bridgehead atoms. The first-order chi connectivity index (χ1) is 9.66. The summed E-state index contributed by atoms with van der Waals surface area (Å²) in [7, 11) is 0. The summed E-state index contributed by atoms with van der Waals surface area (Å²) in [6, 6.07) is 5.62. The van der Waals surface area contributed by atoms with E-state index >= 15 is 0 Å². The van der Waals surface area contributed by atoms with Gasteiger partial charge >= 0.3 is 0 Å². The van der Waals surface area contributed by atoms with Crippen LogP contribution >= 0.6 is 27.5 Å². The zero-order chi connectivity index (χ0) is 14.1. The van der Waals surface area contributed by atoms with E-state index in [2.05, 4.69) is 15.9 Å². The summed E-state index contributed by atoms with van der Waals surface area (Å²) in [5.41, 5.74) is 0.576. The minimum atomic E-state index is 0.0245. The molecule has 1 saturated carbocycles. The molecule has 3 nitrogen and oxygen atoms in total. The van der Waals surface area contributed by atoms with Crippen molar-refractivity contribution in [1.82, 2.24) is 4.90 Å². The van der Waals surface area contributed by atoms with Crippen molar-refractivity contribution in [3.63, 3.8) is 0 Å².